The van der Waals surface area contributed by atoms with Crippen LogP contribution in [0.1, 0.15) is 0 Å². The van der Waals surface area contributed by atoms with Crippen molar-refractivity contribution in [2.75, 3.05) is 0 Å². The van der Waals surface area contributed by atoms with Crippen molar-refractivity contribution in [3.8, 4) is 11.3 Å². The molecule has 0 saturated heterocycles. The van der Waals surface area contributed by atoms with Crippen LogP contribution in [-0.4, -0.2) is 4.57 Å². The molecule has 0 spiro atoms. The minimum atomic E-state index is -0.535. The van der Waals surface area contributed by atoms with E-state index in [0.717, 1.165) is 0 Å². The average Bonchev–Trinajstić information content (AvgIpc) is 2.52. The SMILES string of the molecule is Cn1cccc1-c1c(F)cccc1F. The number of nitrogens with zero attached hydrogens (tertiary/aromatic N) is 1. The second kappa shape index (κ2) is 3.25. The first-order valence-electron chi connectivity index (χ1n) is 4.26. The maximum Gasteiger partial charge on any atom is 0.135 e. The molecular formula is C11H9F2N. The number of aromatic nitrogens is 1. The third-order valence-corrected chi connectivity index (χ3v) is 2.16. The van der Waals surface area contributed by atoms with Gasteiger partial charge in [-0.25, -0.2) is 8.78 Å². The van der Waals surface area contributed by atoms with E-state index in [1.807, 2.05) is 0 Å². The van der Waals surface area contributed by atoms with Crippen molar-refractivity contribution >= 4 is 0 Å². The van der Waals surface area contributed by atoms with Crippen LogP contribution >= 0.6 is 0 Å². The Morgan fingerprint density at radius 3 is 2.14 bits per heavy atom. The maximum atomic E-state index is 13.3. The minimum absolute atomic E-state index is 0.0278. The van der Waals surface area contributed by atoms with Gasteiger partial charge in [0.05, 0.1) is 11.3 Å². The number of hydrogen-bond donors (Lipinski definition) is 0. The van der Waals surface area contributed by atoms with Gasteiger partial charge in [0.1, 0.15) is 11.6 Å². The van der Waals surface area contributed by atoms with Crippen molar-refractivity contribution in [3.05, 3.63) is 48.2 Å². The first kappa shape index (κ1) is 8.94. The molecule has 0 N–H and O–H groups in total. The lowest BCUT2D eigenvalue weighted by Crippen LogP contribution is -1.95. The van der Waals surface area contributed by atoms with E-state index in [1.54, 1.807) is 29.9 Å². The second-order valence-electron chi connectivity index (χ2n) is 3.10. The quantitative estimate of drug-likeness (QED) is 0.656. The van der Waals surface area contributed by atoms with Gasteiger partial charge in [-0.1, -0.05) is 6.07 Å². The molecule has 0 bridgehead atoms. The van der Waals surface area contributed by atoms with Crippen LogP contribution in [0.15, 0.2) is 36.5 Å². The van der Waals surface area contributed by atoms with Crippen LogP contribution in [0, 0.1) is 11.6 Å². The number of halogens is 2. The lowest BCUT2D eigenvalue weighted by molar-refractivity contribution is 0.587. The summed E-state index contributed by atoms with van der Waals surface area (Å²) in [7, 11) is 1.75. The average molecular weight is 193 g/mol. The van der Waals surface area contributed by atoms with Crippen LogP contribution in [-0.2, 0) is 7.05 Å². The molecule has 0 aliphatic carbocycles. The molecule has 0 aliphatic heterocycles. The zero-order valence-corrected chi connectivity index (χ0v) is 7.67. The second-order valence-corrected chi connectivity index (χ2v) is 3.10. The maximum absolute atomic E-state index is 13.3. The van der Waals surface area contributed by atoms with Gasteiger partial charge in [0.25, 0.3) is 0 Å². The molecule has 14 heavy (non-hydrogen) atoms. The topological polar surface area (TPSA) is 4.93 Å². The van der Waals surface area contributed by atoms with Crippen molar-refractivity contribution in [2.45, 2.75) is 0 Å². The summed E-state index contributed by atoms with van der Waals surface area (Å²) in [5.41, 5.74) is 0.570. The molecule has 0 atom stereocenters. The minimum Gasteiger partial charge on any atom is -0.350 e. The Hall–Kier alpha value is -1.64. The third-order valence-electron chi connectivity index (χ3n) is 2.16. The predicted molar refractivity (Wildman–Crippen MR) is 50.8 cm³/mol. The highest BCUT2D eigenvalue weighted by Gasteiger charge is 2.12. The lowest BCUT2D eigenvalue weighted by Gasteiger charge is -2.05. The molecule has 1 aromatic heterocycles. The van der Waals surface area contributed by atoms with E-state index in [0.29, 0.717) is 5.69 Å². The number of rotatable bonds is 1. The molecule has 3 heteroatoms. The Morgan fingerprint density at radius 1 is 1.00 bits per heavy atom. The highest BCUT2D eigenvalue weighted by molar-refractivity contribution is 5.61. The molecule has 0 aliphatic rings. The van der Waals surface area contributed by atoms with Crippen molar-refractivity contribution < 1.29 is 8.78 Å². The number of hydrogen-bond acceptors (Lipinski definition) is 0. The smallest absolute Gasteiger partial charge is 0.135 e. The van der Waals surface area contributed by atoms with Gasteiger partial charge in [-0.2, -0.15) is 0 Å². The van der Waals surface area contributed by atoms with Gasteiger partial charge in [-0.3, -0.25) is 0 Å². The fraction of sp³-hybridized carbons (Fsp3) is 0.0909. The fourth-order valence-corrected chi connectivity index (χ4v) is 1.46. The van der Waals surface area contributed by atoms with Gasteiger partial charge >= 0.3 is 0 Å². The monoisotopic (exact) mass is 193 g/mol. The predicted octanol–water partition coefficient (Wildman–Crippen LogP) is 2.97. The first-order chi connectivity index (χ1) is 6.70. The molecule has 0 unspecified atom stereocenters. The zero-order valence-electron chi connectivity index (χ0n) is 7.67. The standard InChI is InChI=1S/C11H9F2N/c1-14-7-3-6-10(14)11-8(12)4-2-5-9(11)13/h2-7H,1H3. The Morgan fingerprint density at radius 2 is 1.64 bits per heavy atom. The molecule has 2 rings (SSSR count). The van der Waals surface area contributed by atoms with Gasteiger partial charge in [0.2, 0.25) is 0 Å². The molecule has 0 radical (unpaired) electrons. The van der Waals surface area contributed by atoms with E-state index in [1.165, 1.54) is 18.2 Å². The molecule has 0 saturated carbocycles. The molecule has 0 fully saturated rings. The Kier molecular flexibility index (Phi) is 2.08. The highest BCUT2D eigenvalue weighted by Crippen LogP contribution is 2.25. The van der Waals surface area contributed by atoms with E-state index >= 15 is 0 Å². The van der Waals surface area contributed by atoms with Crippen molar-refractivity contribution in [3.63, 3.8) is 0 Å². The van der Waals surface area contributed by atoms with E-state index in [2.05, 4.69) is 0 Å². The molecule has 1 nitrogen and oxygen atoms in total. The third kappa shape index (κ3) is 1.31. The molecule has 2 aromatic rings. The van der Waals surface area contributed by atoms with Crippen LogP contribution in [0.25, 0.3) is 11.3 Å². The summed E-state index contributed by atoms with van der Waals surface area (Å²) in [5.74, 6) is -1.07. The zero-order chi connectivity index (χ0) is 10.1. The van der Waals surface area contributed by atoms with E-state index in [-0.39, 0.29) is 5.56 Å². The summed E-state index contributed by atoms with van der Waals surface area (Å²) in [6.45, 7) is 0. The van der Waals surface area contributed by atoms with Crippen LogP contribution in [0.2, 0.25) is 0 Å². The summed E-state index contributed by atoms with van der Waals surface area (Å²) in [4.78, 5) is 0. The number of aryl methyl sites for hydroxylation is 1. The summed E-state index contributed by atoms with van der Waals surface area (Å²) in [6, 6.07) is 7.30. The fourth-order valence-electron chi connectivity index (χ4n) is 1.46. The summed E-state index contributed by atoms with van der Waals surface area (Å²) < 4.78 is 28.4. The summed E-state index contributed by atoms with van der Waals surface area (Å²) in [6.07, 6.45) is 1.75. The van der Waals surface area contributed by atoms with E-state index in [9.17, 15) is 8.78 Å². The molecular weight excluding hydrogens is 184 g/mol. The largest absolute Gasteiger partial charge is 0.350 e. The normalized spacial score (nSPS) is 10.5. The summed E-state index contributed by atoms with van der Waals surface area (Å²) >= 11 is 0. The van der Waals surface area contributed by atoms with Gasteiger partial charge in [-0.05, 0) is 24.3 Å². The van der Waals surface area contributed by atoms with E-state index in [4.69, 9.17) is 0 Å². The van der Waals surface area contributed by atoms with Gasteiger partial charge in [-0.15, -0.1) is 0 Å². The van der Waals surface area contributed by atoms with Crippen molar-refractivity contribution in [2.24, 2.45) is 7.05 Å². The number of benzene rings is 1. The van der Waals surface area contributed by atoms with Crippen LogP contribution in [0.5, 0.6) is 0 Å². The molecule has 0 amide bonds. The summed E-state index contributed by atoms with van der Waals surface area (Å²) in [5, 5.41) is 0. The molecule has 1 heterocycles. The highest BCUT2D eigenvalue weighted by atomic mass is 19.1. The van der Waals surface area contributed by atoms with Gasteiger partial charge in [0.15, 0.2) is 0 Å². The van der Waals surface area contributed by atoms with E-state index < -0.39 is 11.6 Å². The van der Waals surface area contributed by atoms with Crippen molar-refractivity contribution in [1.82, 2.24) is 4.57 Å². The Labute approximate surface area is 80.6 Å². The molecule has 1 aromatic carbocycles. The Balaban J connectivity index is 2.68. The van der Waals surface area contributed by atoms with Crippen molar-refractivity contribution in [1.29, 1.82) is 0 Å². The van der Waals surface area contributed by atoms with Gasteiger partial charge in [0, 0.05) is 13.2 Å². The first-order valence-corrected chi connectivity index (χ1v) is 4.26. The lowest BCUT2D eigenvalue weighted by atomic mass is 10.1. The van der Waals surface area contributed by atoms with Crippen LogP contribution in [0.4, 0.5) is 8.78 Å². The van der Waals surface area contributed by atoms with Crippen LogP contribution in [0.3, 0.4) is 0 Å². The Bertz CT molecular complexity index is 440. The van der Waals surface area contributed by atoms with Gasteiger partial charge < -0.3 is 4.57 Å². The molecule has 72 valence electrons. The van der Waals surface area contributed by atoms with Crippen LogP contribution < -0.4 is 0 Å².